The number of nitrogens with zero attached hydrogens (tertiary/aromatic N) is 3. The lowest BCUT2D eigenvalue weighted by Gasteiger charge is -2.36. The van der Waals surface area contributed by atoms with Gasteiger partial charge in [0.05, 0.1) is 7.11 Å². The molecule has 2 aromatic carbocycles. The summed E-state index contributed by atoms with van der Waals surface area (Å²) < 4.78 is 5.44. The number of urea groups is 1. The number of carbonyl (C=O) groups excluding carboxylic acids is 2. The van der Waals surface area contributed by atoms with Crippen molar-refractivity contribution in [2.24, 2.45) is 5.41 Å². The van der Waals surface area contributed by atoms with Crippen LogP contribution in [0.4, 0.5) is 10.5 Å². The number of piperazine rings is 1. The highest BCUT2D eigenvalue weighted by Crippen LogP contribution is 2.21. The number of carbonyl (C=O) groups is 2. The van der Waals surface area contributed by atoms with Crippen LogP contribution in [0.15, 0.2) is 54.6 Å². The molecule has 0 aliphatic carbocycles. The van der Waals surface area contributed by atoms with Gasteiger partial charge in [-0.3, -0.25) is 9.69 Å². The SMILES string of the molecule is CCc1ccc(NC(=O)N2CCN(CCN(CC=Cc3ccccc3OC)C(=O)CC(C)(C)C)CC2)cc1. The summed E-state index contributed by atoms with van der Waals surface area (Å²) in [6, 6.07) is 15.8. The zero-order valence-corrected chi connectivity index (χ0v) is 23.7. The van der Waals surface area contributed by atoms with Gasteiger partial charge < -0.3 is 19.9 Å². The lowest BCUT2D eigenvalue weighted by molar-refractivity contribution is -0.132. The molecule has 1 saturated heterocycles. The number of amides is 3. The summed E-state index contributed by atoms with van der Waals surface area (Å²) >= 11 is 0. The van der Waals surface area contributed by atoms with Crippen LogP contribution in [0, 0.1) is 5.41 Å². The fraction of sp³-hybridized carbons (Fsp3) is 0.484. The number of nitrogens with one attached hydrogen (secondary N) is 1. The summed E-state index contributed by atoms with van der Waals surface area (Å²) in [6.45, 7) is 13.3. The standard InChI is InChI=1S/C31H44N4O3/c1-6-25-13-15-27(16-14-25)32-30(37)35-22-19-33(20-23-35)18-21-34(29(36)24-31(2,3)4)17-9-11-26-10-7-8-12-28(26)38-5/h7-16H,6,17-24H2,1-5H3,(H,32,37). The Balaban J connectivity index is 1.52. The number of hydrogen-bond donors (Lipinski definition) is 1. The van der Waals surface area contributed by atoms with E-state index in [2.05, 4.69) is 37.9 Å². The van der Waals surface area contributed by atoms with Gasteiger partial charge in [-0.25, -0.2) is 4.79 Å². The topological polar surface area (TPSA) is 65.1 Å². The fourth-order valence-corrected chi connectivity index (χ4v) is 4.46. The van der Waals surface area contributed by atoms with Gasteiger partial charge in [0.15, 0.2) is 0 Å². The number of methoxy groups -OCH3 is 1. The number of aryl methyl sites for hydroxylation is 1. The van der Waals surface area contributed by atoms with Crippen molar-refractivity contribution >= 4 is 23.7 Å². The molecule has 0 spiro atoms. The van der Waals surface area contributed by atoms with Gasteiger partial charge in [0.2, 0.25) is 5.91 Å². The van der Waals surface area contributed by atoms with E-state index in [1.165, 1.54) is 5.56 Å². The first-order valence-corrected chi connectivity index (χ1v) is 13.6. The van der Waals surface area contributed by atoms with Crippen molar-refractivity contribution in [3.63, 3.8) is 0 Å². The van der Waals surface area contributed by atoms with Crippen LogP contribution in [-0.4, -0.2) is 79.6 Å². The monoisotopic (exact) mass is 520 g/mol. The summed E-state index contributed by atoms with van der Waals surface area (Å²) in [5.41, 5.74) is 3.00. The maximum atomic E-state index is 13.1. The Kier molecular flexibility index (Phi) is 10.8. The number of benzene rings is 2. The van der Waals surface area contributed by atoms with Gasteiger partial charge in [0.25, 0.3) is 0 Å². The van der Waals surface area contributed by atoms with E-state index in [1.807, 2.05) is 70.5 Å². The first-order chi connectivity index (χ1) is 18.2. The van der Waals surface area contributed by atoms with Gasteiger partial charge >= 0.3 is 6.03 Å². The molecule has 7 nitrogen and oxygen atoms in total. The van der Waals surface area contributed by atoms with Gasteiger partial charge in [-0.2, -0.15) is 0 Å². The van der Waals surface area contributed by atoms with Crippen molar-refractivity contribution in [2.75, 3.05) is 58.2 Å². The smallest absolute Gasteiger partial charge is 0.321 e. The second kappa shape index (κ2) is 14.0. The number of anilines is 1. The molecule has 1 N–H and O–H groups in total. The fourth-order valence-electron chi connectivity index (χ4n) is 4.46. The lowest BCUT2D eigenvalue weighted by atomic mass is 9.91. The first kappa shape index (κ1) is 29.2. The highest BCUT2D eigenvalue weighted by Gasteiger charge is 2.24. The molecular formula is C31H44N4O3. The third-order valence-corrected chi connectivity index (χ3v) is 6.76. The number of hydrogen-bond acceptors (Lipinski definition) is 4. The Morgan fingerprint density at radius 1 is 1.03 bits per heavy atom. The molecule has 1 fully saturated rings. The molecule has 0 saturated carbocycles. The summed E-state index contributed by atoms with van der Waals surface area (Å²) in [5.74, 6) is 0.977. The first-order valence-electron chi connectivity index (χ1n) is 13.6. The van der Waals surface area contributed by atoms with E-state index in [0.29, 0.717) is 32.6 Å². The maximum Gasteiger partial charge on any atom is 0.321 e. The molecule has 0 unspecified atom stereocenters. The molecule has 2 aromatic rings. The van der Waals surface area contributed by atoms with Crippen molar-refractivity contribution in [3.8, 4) is 5.75 Å². The average Bonchev–Trinajstić information content (AvgIpc) is 2.90. The van der Waals surface area contributed by atoms with E-state index < -0.39 is 0 Å². The van der Waals surface area contributed by atoms with Crippen LogP contribution in [0.25, 0.3) is 6.08 Å². The Bertz CT molecular complexity index is 1070. The molecular weight excluding hydrogens is 476 g/mol. The molecule has 0 bridgehead atoms. The zero-order chi connectivity index (χ0) is 27.5. The Hall–Kier alpha value is -3.32. The molecule has 1 aliphatic heterocycles. The average molecular weight is 521 g/mol. The minimum atomic E-state index is -0.0719. The van der Waals surface area contributed by atoms with Gasteiger partial charge in [0.1, 0.15) is 5.75 Å². The Morgan fingerprint density at radius 2 is 1.71 bits per heavy atom. The molecule has 1 aliphatic rings. The molecule has 0 aromatic heterocycles. The van der Waals surface area contributed by atoms with Crippen molar-refractivity contribution < 1.29 is 14.3 Å². The summed E-state index contributed by atoms with van der Waals surface area (Å²) in [6.07, 6.45) is 5.53. The molecule has 3 rings (SSSR count). The van der Waals surface area contributed by atoms with E-state index in [0.717, 1.165) is 43.1 Å². The molecule has 0 atom stereocenters. The molecule has 1 heterocycles. The van der Waals surface area contributed by atoms with Crippen LogP contribution in [-0.2, 0) is 11.2 Å². The van der Waals surface area contributed by atoms with Gasteiger partial charge in [0, 0.05) is 63.5 Å². The van der Waals surface area contributed by atoms with Crippen molar-refractivity contribution in [2.45, 2.75) is 40.5 Å². The van der Waals surface area contributed by atoms with Gasteiger partial charge in [-0.15, -0.1) is 0 Å². The van der Waals surface area contributed by atoms with Crippen LogP contribution < -0.4 is 10.1 Å². The zero-order valence-electron chi connectivity index (χ0n) is 23.7. The van der Waals surface area contributed by atoms with Gasteiger partial charge in [-0.05, 0) is 35.6 Å². The normalized spacial score (nSPS) is 14.5. The summed E-state index contributed by atoms with van der Waals surface area (Å²) in [4.78, 5) is 32.0. The van der Waals surface area contributed by atoms with E-state index in [-0.39, 0.29) is 17.4 Å². The molecule has 206 valence electrons. The van der Waals surface area contributed by atoms with E-state index in [9.17, 15) is 9.59 Å². The highest BCUT2D eigenvalue weighted by molar-refractivity contribution is 5.89. The van der Waals surface area contributed by atoms with Crippen molar-refractivity contribution in [1.29, 1.82) is 0 Å². The largest absolute Gasteiger partial charge is 0.496 e. The van der Waals surface area contributed by atoms with Crippen molar-refractivity contribution in [3.05, 3.63) is 65.7 Å². The maximum absolute atomic E-state index is 13.1. The molecule has 3 amide bonds. The predicted molar refractivity (Wildman–Crippen MR) is 156 cm³/mol. The highest BCUT2D eigenvalue weighted by atomic mass is 16.5. The van der Waals surface area contributed by atoms with Crippen LogP contribution in [0.2, 0.25) is 0 Å². The summed E-state index contributed by atoms with van der Waals surface area (Å²) in [7, 11) is 1.67. The Morgan fingerprint density at radius 3 is 2.34 bits per heavy atom. The summed E-state index contributed by atoms with van der Waals surface area (Å²) in [5, 5.41) is 3.01. The molecule has 0 radical (unpaired) electrons. The van der Waals surface area contributed by atoms with Crippen LogP contribution in [0.1, 0.15) is 45.2 Å². The van der Waals surface area contributed by atoms with E-state index in [4.69, 9.17) is 4.74 Å². The predicted octanol–water partition coefficient (Wildman–Crippen LogP) is 5.39. The number of para-hydroxylation sites is 1. The van der Waals surface area contributed by atoms with E-state index in [1.54, 1.807) is 7.11 Å². The minimum absolute atomic E-state index is 0.0580. The number of rotatable bonds is 10. The van der Waals surface area contributed by atoms with Crippen molar-refractivity contribution in [1.82, 2.24) is 14.7 Å². The number of ether oxygens (including phenoxy) is 1. The van der Waals surface area contributed by atoms with Gasteiger partial charge in [-0.1, -0.05) is 70.2 Å². The van der Waals surface area contributed by atoms with Crippen LogP contribution in [0.5, 0.6) is 5.75 Å². The lowest BCUT2D eigenvalue weighted by Crippen LogP contribution is -2.51. The molecule has 7 heteroatoms. The third kappa shape index (κ3) is 9.21. The molecule has 38 heavy (non-hydrogen) atoms. The van der Waals surface area contributed by atoms with Crippen LogP contribution >= 0.6 is 0 Å². The van der Waals surface area contributed by atoms with Crippen LogP contribution in [0.3, 0.4) is 0 Å². The Labute approximate surface area is 228 Å². The third-order valence-electron chi connectivity index (χ3n) is 6.76. The minimum Gasteiger partial charge on any atom is -0.496 e. The second-order valence-corrected chi connectivity index (χ2v) is 11.0. The quantitative estimate of drug-likeness (QED) is 0.457. The van der Waals surface area contributed by atoms with E-state index >= 15 is 0 Å². The second-order valence-electron chi connectivity index (χ2n) is 11.0.